The van der Waals surface area contributed by atoms with Gasteiger partial charge in [-0.05, 0) is 55.5 Å². The molecule has 0 aliphatic carbocycles. The number of aromatic nitrogens is 1. The number of esters is 1. The Hall–Kier alpha value is -2.47. The third kappa shape index (κ3) is 5.31. The molecule has 126 valence electrons. The Morgan fingerprint density at radius 1 is 1.25 bits per heavy atom. The maximum absolute atomic E-state index is 11.6. The molecule has 2 aromatic rings. The number of likely N-dealkylation sites (N-methyl/N-ethyl adjacent to an activating group) is 1. The molecule has 1 heterocycles. The highest BCUT2D eigenvalue weighted by molar-refractivity contribution is 7.80. The molecule has 0 aliphatic heterocycles. The van der Waals surface area contributed by atoms with Crippen LogP contribution in [0.1, 0.15) is 23.0 Å². The summed E-state index contributed by atoms with van der Waals surface area (Å²) in [5.74, 6) is -0.320. The van der Waals surface area contributed by atoms with Gasteiger partial charge in [0.25, 0.3) is 0 Å². The van der Waals surface area contributed by atoms with Crippen LogP contribution in [0.25, 0.3) is 0 Å². The molecule has 24 heavy (non-hydrogen) atoms. The summed E-state index contributed by atoms with van der Waals surface area (Å²) in [6, 6.07) is 12.9. The van der Waals surface area contributed by atoms with Gasteiger partial charge in [-0.2, -0.15) is 0 Å². The van der Waals surface area contributed by atoms with Crippen LogP contribution in [0.5, 0.6) is 0 Å². The summed E-state index contributed by atoms with van der Waals surface area (Å²) in [7, 11) is 1.94. The summed E-state index contributed by atoms with van der Waals surface area (Å²) in [6.45, 7) is 2.92. The van der Waals surface area contributed by atoms with Gasteiger partial charge in [0, 0.05) is 37.6 Å². The summed E-state index contributed by atoms with van der Waals surface area (Å²) in [5.41, 5.74) is 2.39. The van der Waals surface area contributed by atoms with E-state index in [4.69, 9.17) is 17.0 Å². The van der Waals surface area contributed by atoms with Crippen molar-refractivity contribution in [3.63, 3.8) is 0 Å². The van der Waals surface area contributed by atoms with Crippen LogP contribution in [0.4, 0.5) is 5.69 Å². The van der Waals surface area contributed by atoms with Gasteiger partial charge in [0.05, 0.1) is 12.2 Å². The predicted octanol–water partition coefficient (Wildman–Crippen LogP) is 3.13. The van der Waals surface area contributed by atoms with Crippen molar-refractivity contribution in [1.29, 1.82) is 0 Å². The molecule has 0 saturated heterocycles. The van der Waals surface area contributed by atoms with E-state index in [0.717, 1.165) is 24.3 Å². The molecule has 5 nitrogen and oxygen atoms in total. The number of benzene rings is 1. The Morgan fingerprint density at radius 2 is 2.00 bits per heavy atom. The molecular weight excluding hydrogens is 322 g/mol. The fourth-order valence-electron chi connectivity index (χ4n) is 2.05. The molecule has 0 spiro atoms. The van der Waals surface area contributed by atoms with E-state index in [1.54, 1.807) is 25.3 Å². The van der Waals surface area contributed by atoms with Crippen LogP contribution in [0.3, 0.4) is 0 Å². The molecule has 2 rings (SSSR count). The maximum Gasteiger partial charge on any atom is 0.338 e. The minimum atomic E-state index is -0.320. The van der Waals surface area contributed by atoms with E-state index < -0.39 is 0 Å². The van der Waals surface area contributed by atoms with Crippen molar-refractivity contribution >= 4 is 29.0 Å². The zero-order valence-corrected chi connectivity index (χ0v) is 14.7. The van der Waals surface area contributed by atoms with E-state index in [1.807, 2.05) is 42.3 Å². The van der Waals surface area contributed by atoms with Gasteiger partial charge in [-0.25, -0.2) is 4.79 Å². The SMILES string of the molecule is CCOC(=O)c1ccc(NC(=S)N(C)CCc2ccccn2)cc1. The lowest BCUT2D eigenvalue weighted by molar-refractivity contribution is 0.0526. The standard InChI is InChI=1S/C18H21N3O2S/c1-3-23-17(22)14-7-9-16(10-8-14)20-18(24)21(2)13-11-15-6-4-5-12-19-15/h4-10,12H,3,11,13H2,1-2H3,(H,20,24). The molecule has 0 aliphatic rings. The van der Waals surface area contributed by atoms with Crippen LogP contribution in [0.2, 0.25) is 0 Å². The molecule has 0 atom stereocenters. The van der Waals surface area contributed by atoms with E-state index in [-0.39, 0.29) is 5.97 Å². The van der Waals surface area contributed by atoms with Crippen LogP contribution >= 0.6 is 12.2 Å². The number of thiocarbonyl (C=S) groups is 1. The maximum atomic E-state index is 11.6. The van der Waals surface area contributed by atoms with Crippen LogP contribution in [0.15, 0.2) is 48.7 Å². The summed E-state index contributed by atoms with van der Waals surface area (Å²) in [4.78, 5) is 17.9. The third-order valence-electron chi connectivity index (χ3n) is 3.42. The fourth-order valence-corrected chi connectivity index (χ4v) is 2.26. The Bertz CT molecular complexity index is 674. The Labute approximate surface area is 147 Å². The number of ether oxygens (including phenoxy) is 1. The van der Waals surface area contributed by atoms with Crippen molar-refractivity contribution in [3.05, 3.63) is 59.9 Å². The first-order valence-corrected chi connectivity index (χ1v) is 8.20. The highest BCUT2D eigenvalue weighted by atomic mass is 32.1. The van der Waals surface area contributed by atoms with Crippen LogP contribution < -0.4 is 5.32 Å². The topological polar surface area (TPSA) is 54.5 Å². The largest absolute Gasteiger partial charge is 0.462 e. The van der Waals surface area contributed by atoms with Gasteiger partial charge >= 0.3 is 5.97 Å². The van der Waals surface area contributed by atoms with Crippen molar-refractivity contribution in [3.8, 4) is 0 Å². The molecule has 0 radical (unpaired) electrons. The molecule has 0 bridgehead atoms. The van der Waals surface area contributed by atoms with Gasteiger partial charge in [0.15, 0.2) is 5.11 Å². The Kier molecular flexibility index (Phi) is 6.69. The molecule has 0 unspecified atom stereocenters. The first-order valence-electron chi connectivity index (χ1n) is 7.79. The van der Waals surface area contributed by atoms with Crippen LogP contribution in [0, 0.1) is 0 Å². The number of carbonyl (C=O) groups excluding carboxylic acids is 1. The monoisotopic (exact) mass is 343 g/mol. The number of hydrogen-bond acceptors (Lipinski definition) is 4. The Balaban J connectivity index is 1.85. The highest BCUT2D eigenvalue weighted by Crippen LogP contribution is 2.11. The molecule has 6 heteroatoms. The van der Waals surface area contributed by atoms with Crippen LogP contribution in [-0.2, 0) is 11.2 Å². The average molecular weight is 343 g/mol. The van der Waals surface area contributed by atoms with Crippen molar-refractivity contribution in [2.75, 3.05) is 25.5 Å². The molecular formula is C18H21N3O2S. The summed E-state index contributed by atoms with van der Waals surface area (Å²) in [5, 5.41) is 3.78. The quantitative estimate of drug-likeness (QED) is 0.642. The number of carbonyl (C=O) groups is 1. The number of nitrogens with one attached hydrogen (secondary N) is 1. The van der Waals surface area contributed by atoms with Gasteiger partial charge < -0.3 is 15.0 Å². The minimum absolute atomic E-state index is 0.320. The van der Waals surface area contributed by atoms with Gasteiger partial charge in [-0.15, -0.1) is 0 Å². The molecule has 0 saturated carbocycles. The smallest absolute Gasteiger partial charge is 0.338 e. The minimum Gasteiger partial charge on any atom is -0.462 e. The average Bonchev–Trinajstić information content (AvgIpc) is 2.61. The highest BCUT2D eigenvalue weighted by Gasteiger charge is 2.08. The molecule has 0 fully saturated rings. The second-order valence-electron chi connectivity index (χ2n) is 5.22. The first-order chi connectivity index (χ1) is 11.6. The van der Waals surface area contributed by atoms with Crippen molar-refractivity contribution in [2.45, 2.75) is 13.3 Å². The summed E-state index contributed by atoms with van der Waals surface area (Å²) >= 11 is 5.40. The van der Waals surface area contributed by atoms with Gasteiger partial charge in [0.1, 0.15) is 0 Å². The zero-order valence-electron chi connectivity index (χ0n) is 13.9. The second-order valence-corrected chi connectivity index (χ2v) is 5.61. The molecule has 1 aromatic heterocycles. The number of nitrogens with zero attached hydrogens (tertiary/aromatic N) is 2. The van der Waals surface area contributed by atoms with E-state index in [9.17, 15) is 4.79 Å². The lowest BCUT2D eigenvalue weighted by atomic mass is 10.2. The summed E-state index contributed by atoms with van der Waals surface area (Å²) in [6.07, 6.45) is 2.61. The van der Waals surface area contributed by atoms with Gasteiger partial charge in [-0.1, -0.05) is 6.07 Å². The number of pyridine rings is 1. The lowest BCUT2D eigenvalue weighted by Gasteiger charge is -2.21. The Morgan fingerprint density at radius 3 is 2.62 bits per heavy atom. The second kappa shape index (κ2) is 8.98. The van der Waals surface area contributed by atoms with Crippen molar-refractivity contribution in [1.82, 2.24) is 9.88 Å². The zero-order chi connectivity index (χ0) is 17.4. The van der Waals surface area contributed by atoms with E-state index in [2.05, 4.69) is 10.3 Å². The van der Waals surface area contributed by atoms with Crippen molar-refractivity contribution < 1.29 is 9.53 Å². The third-order valence-corrected chi connectivity index (χ3v) is 3.84. The first kappa shape index (κ1) is 17.9. The number of hydrogen-bond donors (Lipinski definition) is 1. The fraction of sp³-hybridized carbons (Fsp3) is 0.278. The lowest BCUT2D eigenvalue weighted by Crippen LogP contribution is -2.32. The molecule has 1 N–H and O–H groups in total. The van der Waals surface area contributed by atoms with Gasteiger partial charge in [0.2, 0.25) is 0 Å². The number of rotatable bonds is 6. The predicted molar refractivity (Wildman–Crippen MR) is 99.2 cm³/mol. The van der Waals surface area contributed by atoms with Crippen LogP contribution in [-0.4, -0.2) is 41.2 Å². The molecule has 0 amide bonds. The van der Waals surface area contributed by atoms with Gasteiger partial charge in [-0.3, -0.25) is 4.98 Å². The molecule has 1 aromatic carbocycles. The van der Waals surface area contributed by atoms with E-state index in [0.29, 0.717) is 17.3 Å². The van der Waals surface area contributed by atoms with E-state index in [1.165, 1.54) is 0 Å². The van der Waals surface area contributed by atoms with E-state index >= 15 is 0 Å². The summed E-state index contributed by atoms with van der Waals surface area (Å²) < 4.78 is 4.96. The normalized spacial score (nSPS) is 10.1. The number of anilines is 1. The van der Waals surface area contributed by atoms with Crippen molar-refractivity contribution in [2.24, 2.45) is 0 Å².